The molecule has 1 aliphatic rings. The lowest BCUT2D eigenvalue weighted by Gasteiger charge is -2.26. The van der Waals surface area contributed by atoms with Crippen molar-refractivity contribution >= 4 is 93.8 Å². The fourth-order valence-electron chi connectivity index (χ4n) is 6.11. The normalized spacial score (nSPS) is 13.9. The topological polar surface area (TPSA) is 358 Å². The maximum absolute atomic E-state index is 13.7. The Kier molecular flexibility index (Phi) is 20.9. The van der Waals surface area contributed by atoms with Gasteiger partial charge < -0.3 is 51.8 Å². The van der Waals surface area contributed by atoms with E-state index < -0.39 is 128 Å². The number of hydrogen-bond acceptors (Lipinski definition) is 13. The lowest BCUT2D eigenvalue weighted by atomic mass is 10.0. The highest BCUT2D eigenvalue weighted by atomic mass is 127. The molecular weight excluding hydrogens is 975 g/mol. The van der Waals surface area contributed by atoms with Crippen molar-refractivity contribution in [3.05, 3.63) is 68.8 Å². The van der Waals surface area contributed by atoms with E-state index in [1.165, 1.54) is 12.1 Å². The molecule has 24 heteroatoms. The summed E-state index contributed by atoms with van der Waals surface area (Å²) in [6.45, 7) is 0.178. The smallest absolute Gasteiger partial charge is 0.363 e. The summed E-state index contributed by atoms with van der Waals surface area (Å²) in [5.41, 5.74) is -0.120. The van der Waals surface area contributed by atoms with Gasteiger partial charge >= 0.3 is 29.8 Å². The first-order valence-electron chi connectivity index (χ1n) is 20.1. The van der Waals surface area contributed by atoms with Gasteiger partial charge in [-0.2, -0.15) is 0 Å². The molecule has 0 saturated carbocycles. The van der Waals surface area contributed by atoms with Crippen molar-refractivity contribution in [1.29, 1.82) is 0 Å². The highest BCUT2D eigenvalue weighted by molar-refractivity contribution is 14.1. The van der Waals surface area contributed by atoms with Crippen molar-refractivity contribution in [2.24, 2.45) is 0 Å². The van der Waals surface area contributed by atoms with Crippen molar-refractivity contribution in [3.63, 3.8) is 0 Å². The van der Waals surface area contributed by atoms with Crippen LogP contribution in [0.2, 0.25) is 0 Å². The van der Waals surface area contributed by atoms with Crippen LogP contribution in [0.5, 0.6) is 0 Å². The van der Waals surface area contributed by atoms with Crippen LogP contribution in [0.15, 0.2) is 48.5 Å². The summed E-state index contributed by atoms with van der Waals surface area (Å²) < 4.78 is 0.281. The summed E-state index contributed by atoms with van der Waals surface area (Å²) in [5, 5.41) is 50.0. The predicted octanol–water partition coefficient (Wildman–Crippen LogP) is 0.734. The van der Waals surface area contributed by atoms with Crippen molar-refractivity contribution < 1.29 is 82.8 Å². The van der Waals surface area contributed by atoms with Gasteiger partial charge in [-0.3, -0.25) is 47.9 Å². The summed E-state index contributed by atoms with van der Waals surface area (Å²) in [7, 11) is 0. The number of benzene rings is 2. The molecule has 350 valence electrons. The van der Waals surface area contributed by atoms with Crippen LogP contribution in [0.4, 0.5) is 0 Å². The number of unbranched alkanes of at least 4 members (excludes halogenated alkanes) is 1. The van der Waals surface area contributed by atoms with E-state index in [-0.39, 0.29) is 59.3 Å². The number of nitrogens with one attached hydrogen (secondary N) is 5. The molecule has 2 aromatic carbocycles. The molecule has 2 aromatic rings. The standard InChI is InChI=1S/C41H47IN6O17/c42-25-20-23(19-24(21-25)41(64)65-48-30(49)14-15-31(48)50)36(58)44-27(12-16-33(53)54)38(60)45-26(10-6-11-32(51)52)37(59)46-28(13-17-34(55)56)39(61)47-29(40(62)63)9-4-5-18-43-35(57)22-7-2-1-3-8-22/h1-3,7-8,19-21,26-29H,4-6,9-18H2,(H,43,57)(H,44,58)(H,45,60)(H,46,59)(H,47,61)(H,51,52)(H,53,54)(H,55,56)(H,62,63)/t26-,27-,28-,29-/m1/s1. The molecule has 9 N–H and O–H groups in total. The van der Waals surface area contributed by atoms with Gasteiger partial charge in [0.05, 0.1) is 5.56 Å². The number of nitrogens with zero attached hydrogens (tertiary/aromatic N) is 1. The second-order valence-corrected chi connectivity index (χ2v) is 15.8. The highest BCUT2D eigenvalue weighted by Gasteiger charge is 2.35. The van der Waals surface area contributed by atoms with Crippen LogP contribution in [-0.4, -0.2) is 127 Å². The lowest BCUT2D eigenvalue weighted by molar-refractivity contribution is -0.172. The number of amides is 7. The van der Waals surface area contributed by atoms with Gasteiger partial charge in [0.2, 0.25) is 17.7 Å². The maximum atomic E-state index is 13.7. The van der Waals surface area contributed by atoms with E-state index in [9.17, 15) is 78.0 Å². The molecule has 23 nitrogen and oxygen atoms in total. The molecule has 0 spiro atoms. The zero-order chi connectivity index (χ0) is 48.2. The summed E-state index contributed by atoms with van der Waals surface area (Å²) in [6.07, 6.45) is -3.63. The summed E-state index contributed by atoms with van der Waals surface area (Å²) in [4.78, 5) is 155. The van der Waals surface area contributed by atoms with E-state index in [4.69, 9.17) is 4.84 Å². The minimum absolute atomic E-state index is 0.132. The quantitative estimate of drug-likeness (QED) is 0.0338. The molecule has 0 aromatic heterocycles. The van der Waals surface area contributed by atoms with Crippen LogP contribution in [0.25, 0.3) is 0 Å². The molecule has 65 heavy (non-hydrogen) atoms. The second kappa shape index (κ2) is 26.0. The SMILES string of the molecule is O=C(O)CCC[C@@H](NC(=O)[C@@H](CCC(=O)O)NC(=O)c1cc(I)cc(C(=O)ON2C(=O)CCC2=O)c1)C(=O)N[C@H](CCC(=O)O)C(=O)N[C@H](CCCCNC(=O)c1ccccc1)C(=O)O. The number of rotatable bonds is 27. The van der Waals surface area contributed by atoms with Gasteiger partial charge in [0.15, 0.2) is 0 Å². The van der Waals surface area contributed by atoms with Crippen molar-refractivity contribution in [3.8, 4) is 0 Å². The first-order chi connectivity index (χ1) is 30.7. The molecule has 0 radical (unpaired) electrons. The highest BCUT2D eigenvalue weighted by Crippen LogP contribution is 2.18. The lowest BCUT2D eigenvalue weighted by Crippen LogP contribution is -2.57. The van der Waals surface area contributed by atoms with Crippen LogP contribution in [0.1, 0.15) is 108 Å². The number of imide groups is 1. The Morgan fingerprint density at radius 2 is 1.06 bits per heavy atom. The third kappa shape index (κ3) is 18.0. The van der Waals surface area contributed by atoms with Gasteiger partial charge in [-0.1, -0.05) is 18.2 Å². The third-order valence-electron chi connectivity index (χ3n) is 9.50. The van der Waals surface area contributed by atoms with Gasteiger partial charge in [-0.15, -0.1) is 5.06 Å². The number of halogens is 1. The number of carboxylic acid groups (broad SMARTS) is 4. The van der Waals surface area contributed by atoms with E-state index in [1.807, 2.05) is 0 Å². The van der Waals surface area contributed by atoms with Crippen LogP contribution in [-0.2, 0) is 48.0 Å². The summed E-state index contributed by atoms with van der Waals surface area (Å²) >= 11 is 1.75. The molecule has 1 aliphatic heterocycles. The Morgan fingerprint density at radius 3 is 1.60 bits per heavy atom. The molecule has 0 bridgehead atoms. The van der Waals surface area contributed by atoms with Crippen LogP contribution in [0.3, 0.4) is 0 Å². The van der Waals surface area contributed by atoms with E-state index in [2.05, 4.69) is 26.6 Å². The summed E-state index contributed by atoms with van der Waals surface area (Å²) in [6, 6.07) is 5.28. The largest absolute Gasteiger partial charge is 0.481 e. The molecule has 1 saturated heterocycles. The van der Waals surface area contributed by atoms with Crippen molar-refractivity contribution in [2.45, 2.75) is 101 Å². The number of carbonyl (C=O) groups is 12. The zero-order valence-electron chi connectivity index (χ0n) is 34.5. The van der Waals surface area contributed by atoms with Gasteiger partial charge in [0, 0.05) is 53.3 Å². The molecule has 0 aliphatic carbocycles. The number of carboxylic acids is 4. The van der Waals surface area contributed by atoms with E-state index >= 15 is 0 Å². The van der Waals surface area contributed by atoms with Crippen LogP contribution in [0, 0.1) is 3.57 Å². The zero-order valence-corrected chi connectivity index (χ0v) is 36.7. The maximum Gasteiger partial charge on any atom is 0.363 e. The van der Waals surface area contributed by atoms with Gasteiger partial charge in [-0.05, 0) is 97.9 Å². The van der Waals surface area contributed by atoms with E-state index in [0.29, 0.717) is 17.0 Å². The molecule has 0 unspecified atom stereocenters. The Labute approximate surface area is 383 Å². The Bertz CT molecular complexity index is 2140. The summed E-state index contributed by atoms with van der Waals surface area (Å²) in [5.74, 6) is -13.0. The van der Waals surface area contributed by atoms with Crippen LogP contribution < -0.4 is 26.6 Å². The Morgan fingerprint density at radius 1 is 0.569 bits per heavy atom. The van der Waals surface area contributed by atoms with Gasteiger partial charge in [0.1, 0.15) is 24.2 Å². The molecule has 3 rings (SSSR count). The van der Waals surface area contributed by atoms with Gasteiger partial charge in [-0.25, -0.2) is 9.59 Å². The number of carbonyl (C=O) groups excluding carboxylic acids is 8. The van der Waals surface area contributed by atoms with Crippen LogP contribution >= 0.6 is 22.6 Å². The number of aliphatic carboxylic acids is 4. The number of hydroxylamine groups is 2. The Hall–Kier alpha value is -6.99. The minimum atomic E-state index is -1.70. The van der Waals surface area contributed by atoms with E-state index in [1.54, 1.807) is 52.9 Å². The average Bonchev–Trinajstić information content (AvgIpc) is 3.56. The molecular formula is C41H47IN6O17. The third-order valence-corrected chi connectivity index (χ3v) is 10.1. The first-order valence-corrected chi connectivity index (χ1v) is 21.2. The number of hydrogen-bond donors (Lipinski definition) is 9. The van der Waals surface area contributed by atoms with E-state index in [0.717, 1.165) is 6.07 Å². The predicted molar refractivity (Wildman–Crippen MR) is 228 cm³/mol. The monoisotopic (exact) mass is 1020 g/mol. The first kappa shape index (κ1) is 52.4. The van der Waals surface area contributed by atoms with Crippen molar-refractivity contribution in [1.82, 2.24) is 31.6 Å². The molecule has 1 heterocycles. The fourth-order valence-corrected chi connectivity index (χ4v) is 6.79. The average molecular weight is 1020 g/mol. The molecule has 7 amide bonds. The second-order valence-electron chi connectivity index (χ2n) is 14.5. The molecule has 1 fully saturated rings. The van der Waals surface area contributed by atoms with Crippen molar-refractivity contribution in [2.75, 3.05) is 6.54 Å². The minimum Gasteiger partial charge on any atom is -0.481 e. The molecule has 4 atom stereocenters. The fraction of sp³-hybridized carbons (Fsp3) is 0.415. The Balaban J connectivity index is 1.77. The van der Waals surface area contributed by atoms with Gasteiger partial charge in [0.25, 0.3) is 23.6 Å².